The number of fused-ring (bicyclic) bond motifs is 1. The Balaban J connectivity index is 1.64. The molecule has 3 rings (SSSR count). The van der Waals surface area contributed by atoms with Gasteiger partial charge in [0.25, 0.3) is 0 Å². The van der Waals surface area contributed by atoms with E-state index in [-0.39, 0.29) is 5.78 Å². The van der Waals surface area contributed by atoms with Gasteiger partial charge in [0.15, 0.2) is 5.78 Å². The van der Waals surface area contributed by atoms with Gasteiger partial charge < -0.3 is 0 Å². The van der Waals surface area contributed by atoms with Crippen molar-refractivity contribution in [1.29, 1.82) is 0 Å². The summed E-state index contributed by atoms with van der Waals surface area (Å²) in [6, 6.07) is 8.03. The first-order valence-corrected chi connectivity index (χ1v) is 8.00. The molecule has 3 nitrogen and oxygen atoms in total. The van der Waals surface area contributed by atoms with Gasteiger partial charge in [-0.25, -0.2) is 0 Å². The maximum Gasteiger partial charge on any atom is 0.163 e. The molecule has 114 valence electrons. The molecule has 1 fully saturated rings. The summed E-state index contributed by atoms with van der Waals surface area (Å²) in [5.41, 5.74) is 8.24. The van der Waals surface area contributed by atoms with Crippen LogP contribution >= 0.6 is 0 Å². The summed E-state index contributed by atoms with van der Waals surface area (Å²) >= 11 is 0. The molecule has 1 saturated carbocycles. The molecule has 1 N–H and O–H groups in total. The van der Waals surface area contributed by atoms with E-state index >= 15 is 0 Å². The number of Topliss-reactive ketones (excluding diaryl/α,β-unsaturated/α-hetero) is 1. The number of carbonyl (C=O) groups is 1. The van der Waals surface area contributed by atoms with E-state index in [1.807, 2.05) is 12.1 Å². The first kappa shape index (κ1) is 14.8. The third-order valence-electron chi connectivity index (χ3n) is 4.51. The lowest BCUT2D eigenvalue weighted by atomic mass is 9.80. The zero-order chi connectivity index (χ0) is 15.5. The summed E-state index contributed by atoms with van der Waals surface area (Å²) in [5.74, 6) is 0.663. The molecule has 2 aliphatic rings. The van der Waals surface area contributed by atoms with E-state index < -0.39 is 0 Å². The minimum atomic E-state index is 0.251. The lowest BCUT2D eigenvalue weighted by Crippen LogP contribution is -2.25. The van der Waals surface area contributed by atoms with E-state index in [2.05, 4.69) is 42.2 Å². The summed E-state index contributed by atoms with van der Waals surface area (Å²) in [6.45, 7) is 6.02. The third-order valence-corrected chi connectivity index (χ3v) is 4.51. The highest BCUT2D eigenvalue weighted by atomic mass is 16.1. The van der Waals surface area contributed by atoms with E-state index in [9.17, 15) is 4.79 Å². The van der Waals surface area contributed by atoms with Crippen LogP contribution in [0, 0.1) is 5.92 Å². The smallest absolute Gasteiger partial charge is 0.163 e. The minimum absolute atomic E-state index is 0.251. The van der Waals surface area contributed by atoms with Crippen LogP contribution in [0.25, 0.3) is 0 Å². The van der Waals surface area contributed by atoms with E-state index in [0.29, 0.717) is 12.3 Å². The van der Waals surface area contributed by atoms with Gasteiger partial charge in [-0.15, -0.1) is 0 Å². The number of ketones is 1. The standard InChI is InChI=1S/C19H22N2O/c1-3-14-4-7-16(8-5-14)19(22)12-15-6-9-18-17(11-15)10-13(2)20-21-18/h4-5,7-8,10,15,20H,2-3,6,9,11-12H2,1H3. The van der Waals surface area contributed by atoms with Crippen molar-refractivity contribution in [3.8, 4) is 0 Å². The molecule has 0 saturated heterocycles. The van der Waals surface area contributed by atoms with E-state index in [1.165, 1.54) is 11.1 Å². The number of hydrazone groups is 1. The Labute approximate surface area is 131 Å². The molecule has 3 heteroatoms. The molecule has 1 aromatic rings. The molecule has 1 aliphatic carbocycles. The highest BCUT2D eigenvalue weighted by molar-refractivity contribution is 6.02. The van der Waals surface area contributed by atoms with Crippen molar-refractivity contribution in [2.24, 2.45) is 11.0 Å². The zero-order valence-corrected chi connectivity index (χ0v) is 13.1. The molecule has 1 unspecified atom stereocenters. The molecule has 0 aromatic heterocycles. The van der Waals surface area contributed by atoms with Crippen LogP contribution in [0.4, 0.5) is 0 Å². The second kappa shape index (κ2) is 6.30. The van der Waals surface area contributed by atoms with Crippen molar-refractivity contribution in [1.82, 2.24) is 5.43 Å². The first-order chi connectivity index (χ1) is 10.7. The van der Waals surface area contributed by atoms with E-state index in [4.69, 9.17) is 0 Å². The van der Waals surface area contributed by atoms with Crippen LogP contribution in [-0.4, -0.2) is 11.5 Å². The van der Waals surface area contributed by atoms with Crippen molar-refractivity contribution in [2.75, 3.05) is 0 Å². The lowest BCUT2D eigenvalue weighted by Gasteiger charge is -2.27. The van der Waals surface area contributed by atoms with Crippen LogP contribution in [0.3, 0.4) is 0 Å². The Kier molecular flexibility index (Phi) is 4.23. The van der Waals surface area contributed by atoms with Crippen LogP contribution in [-0.2, 0) is 6.42 Å². The Morgan fingerprint density at radius 1 is 1.36 bits per heavy atom. The fourth-order valence-corrected chi connectivity index (χ4v) is 3.16. The second-order valence-electron chi connectivity index (χ2n) is 6.15. The topological polar surface area (TPSA) is 41.5 Å². The number of nitrogens with zero attached hydrogens (tertiary/aromatic N) is 1. The average Bonchev–Trinajstić information content (AvgIpc) is 2.54. The molecule has 0 amide bonds. The molecule has 0 radical (unpaired) electrons. The van der Waals surface area contributed by atoms with Crippen LogP contribution in [0.1, 0.15) is 48.5 Å². The van der Waals surface area contributed by atoms with E-state index in [0.717, 1.165) is 42.7 Å². The Hall–Kier alpha value is -2.16. The average molecular weight is 294 g/mol. The van der Waals surface area contributed by atoms with Crippen LogP contribution in [0.15, 0.2) is 53.3 Å². The molecule has 1 aliphatic heterocycles. The van der Waals surface area contributed by atoms with Crippen molar-refractivity contribution in [2.45, 2.75) is 39.0 Å². The van der Waals surface area contributed by atoms with Crippen molar-refractivity contribution >= 4 is 11.5 Å². The molecule has 0 bridgehead atoms. The molecule has 0 spiro atoms. The molecule has 1 heterocycles. The highest BCUT2D eigenvalue weighted by Gasteiger charge is 2.26. The van der Waals surface area contributed by atoms with Gasteiger partial charge in [0.1, 0.15) is 0 Å². The van der Waals surface area contributed by atoms with Gasteiger partial charge in [0, 0.05) is 17.7 Å². The maximum absolute atomic E-state index is 12.5. The van der Waals surface area contributed by atoms with Crippen molar-refractivity contribution in [3.05, 3.63) is 59.3 Å². The predicted molar refractivity (Wildman–Crippen MR) is 89.9 cm³/mol. The summed E-state index contributed by atoms with van der Waals surface area (Å²) in [7, 11) is 0. The van der Waals surface area contributed by atoms with Crippen LogP contribution in [0.2, 0.25) is 0 Å². The monoisotopic (exact) mass is 294 g/mol. The molecule has 1 atom stereocenters. The summed E-state index contributed by atoms with van der Waals surface area (Å²) < 4.78 is 0. The first-order valence-electron chi connectivity index (χ1n) is 8.00. The lowest BCUT2D eigenvalue weighted by molar-refractivity contribution is 0.0958. The van der Waals surface area contributed by atoms with Gasteiger partial charge >= 0.3 is 0 Å². The Morgan fingerprint density at radius 3 is 2.86 bits per heavy atom. The molecular formula is C19H22N2O. The fourth-order valence-electron chi connectivity index (χ4n) is 3.16. The molecular weight excluding hydrogens is 272 g/mol. The molecule has 1 aromatic carbocycles. The second-order valence-corrected chi connectivity index (χ2v) is 6.15. The van der Waals surface area contributed by atoms with Gasteiger partial charge in [-0.2, -0.15) is 5.10 Å². The number of benzene rings is 1. The van der Waals surface area contributed by atoms with Gasteiger partial charge in [-0.3, -0.25) is 10.2 Å². The minimum Gasteiger partial charge on any atom is -0.294 e. The largest absolute Gasteiger partial charge is 0.294 e. The van der Waals surface area contributed by atoms with Crippen molar-refractivity contribution in [3.63, 3.8) is 0 Å². The van der Waals surface area contributed by atoms with Gasteiger partial charge in [0.05, 0.1) is 5.71 Å². The number of hydrogen-bond acceptors (Lipinski definition) is 3. The Bertz CT molecular complexity index is 653. The number of nitrogens with one attached hydrogen (secondary N) is 1. The number of hydrogen-bond donors (Lipinski definition) is 1. The zero-order valence-electron chi connectivity index (χ0n) is 13.1. The number of allylic oxidation sites excluding steroid dienone is 2. The third kappa shape index (κ3) is 3.19. The fraction of sp³-hybridized carbons (Fsp3) is 0.368. The maximum atomic E-state index is 12.5. The Morgan fingerprint density at radius 2 is 2.14 bits per heavy atom. The number of rotatable bonds is 4. The van der Waals surface area contributed by atoms with E-state index in [1.54, 1.807) is 0 Å². The van der Waals surface area contributed by atoms with Crippen LogP contribution < -0.4 is 5.43 Å². The van der Waals surface area contributed by atoms with Gasteiger partial charge in [-0.05, 0) is 48.8 Å². The predicted octanol–water partition coefficient (Wildman–Crippen LogP) is 4.02. The van der Waals surface area contributed by atoms with Gasteiger partial charge in [0.2, 0.25) is 0 Å². The number of aryl methyl sites for hydroxylation is 1. The van der Waals surface area contributed by atoms with Crippen LogP contribution in [0.5, 0.6) is 0 Å². The van der Waals surface area contributed by atoms with Gasteiger partial charge in [-0.1, -0.05) is 37.8 Å². The molecule has 22 heavy (non-hydrogen) atoms. The SMILES string of the molecule is C=C1C=C2CC(CC(=O)c3ccc(CC)cc3)CCC2=NN1. The van der Waals surface area contributed by atoms with Crippen molar-refractivity contribution < 1.29 is 4.79 Å². The number of carbonyl (C=O) groups excluding carboxylic acids is 1. The highest BCUT2D eigenvalue weighted by Crippen LogP contribution is 2.31. The summed E-state index contributed by atoms with van der Waals surface area (Å²) in [6.07, 6.45) is 6.59. The normalized spacial score (nSPS) is 20.6. The summed E-state index contributed by atoms with van der Waals surface area (Å²) in [5, 5.41) is 4.34. The quantitative estimate of drug-likeness (QED) is 0.852. The summed E-state index contributed by atoms with van der Waals surface area (Å²) in [4.78, 5) is 12.5.